The number of aromatic carboxylic acids is 1. The smallest absolute Gasteiger partial charge is 0.134 e. The maximum absolute atomic E-state index is 11.2. The lowest BCUT2D eigenvalue weighted by Crippen LogP contribution is -2.28. The predicted octanol–water partition coefficient (Wildman–Crippen LogP) is 3.11. The van der Waals surface area contributed by atoms with Crippen LogP contribution in [0.25, 0.3) is 21.7 Å². The molecule has 128 valence electrons. The second-order valence-corrected chi connectivity index (χ2v) is 7.12. The lowest BCUT2D eigenvalue weighted by molar-refractivity contribution is -0.255. The molecular weight excluding hydrogens is 338 g/mol. The van der Waals surface area contributed by atoms with Crippen LogP contribution in [-0.2, 0) is 0 Å². The third-order valence-corrected chi connectivity index (χ3v) is 5.18. The van der Waals surface area contributed by atoms with Crippen molar-refractivity contribution in [3.05, 3.63) is 42.2 Å². The van der Waals surface area contributed by atoms with Gasteiger partial charge >= 0.3 is 0 Å². The lowest BCUT2D eigenvalue weighted by Gasteiger charge is -2.27. The van der Waals surface area contributed by atoms with Crippen LogP contribution in [0.1, 0.15) is 36.0 Å². The molecule has 2 unspecified atom stereocenters. The first-order valence-corrected chi connectivity index (χ1v) is 8.85. The number of carboxylic acid groups (broad SMARTS) is 1. The minimum absolute atomic E-state index is 0.118. The van der Waals surface area contributed by atoms with Crippen molar-refractivity contribution in [2.75, 3.05) is 5.32 Å². The number of benzene rings is 1. The van der Waals surface area contributed by atoms with Crippen molar-refractivity contribution in [1.82, 2.24) is 9.97 Å². The molecule has 2 aromatic heterocycles. The average molecular weight is 355 g/mol. The number of hydrogen-bond acceptors (Lipinski definition) is 5. The number of hydrogen-bond donors (Lipinski definition) is 1. The lowest BCUT2D eigenvalue weighted by atomic mass is 9.95. The highest BCUT2D eigenvalue weighted by Gasteiger charge is 2.21. The number of aromatic nitrogens is 2. The van der Waals surface area contributed by atoms with Crippen LogP contribution in [0.2, 0.25) is 0 Å². The van der Waals surface area contributed by atoms with Crippen molar-refractivity contribution < 1.29 is 9.90 Å². The van der Waals surface area contributed by atoms with Crippen LogP contribution in [-0.4, -0.2) is 27.4 Å². The van der Waals surface area contributed by atoms with Gasteiger partial charge in [0.25, 0.3) is 0 Å². The number of rotatable bonds is 3. The molecule has 2 heterocycles. The van der Waals surface area contributed by atoms with E-state index < -0.39 is 5.97 Å². The minimum Gasteiger partial charge on any atom is -0.545 e. The molecule has 3 aromatic rings. The van der Waals surface area contributed by atoms with Crippen LogP contribution in [0.3, 0.4) is 0 Å². The maximum Gasteiger partial charge on any atom is 0.134 e. The van der Waals surface area contributed by atoms with Crippen LogP contribution in [0.4, 0.5) is 5.82 Å². The van der Waals surface area contributed by atoms with Crippen molar-refractivity contribution in [2.24, 2.45) is 0 Å². The van der Waals surface area contributed by atoms with Crippen LogP contribution < -0.4 is 10.4 Å². The summed E-state index contributed by atoms with van der Waals surface area (Å²) in [5, 5.41) is 17.6. The normalized spacial score (nSPS) is 20.7. The van der Waals surface area contributed by atoms with Gasteiger partial charge in [0.2, 0.25) is 0 Å². The Kier molecular flexibility index (Phi) is 4.17. The topological polar surface area (TPSA) is 77.9 Å². The number of alkyl halides is 1. The van der Waals surface area contributed by atoms with E-state index in [1.807, 2.05) is 6.07 Å². The Morgan fingerprint density at radius 1 is 1.20 bits per heavy atom. The van der Waals surface area contributed by atoms with E-state index in [0.717, 1.165) is 47.7 Å². The highest BCUT2D eigenvalue weighted by molar-refractivity contribution is 6.20. The Balaban J connectivity index is 1.84. The SMILES string of the molecule is O=C([O-])c1ccc2c(c1)nc(NC1CCCC(Cl)C1)c1ccncc12. The monoisotopic (exact) mass is 354 g/mol. The Labute approximate surface area is 150 Å². The summed E-state index contributed by atoms with van der Waals surface area (Å²) in [5.41, 5.74) is 0.732. The van der Waals surface area contributed by atoms with E-state index in [4.69, 9.17) is 16.6 Å². The number of nitrogens with one attached hydrogen (secondary N) is 1. The van der Waals surface area contributed by atoms with E-state index in [9.17, 15) is 9.90 Å². The van der Waals surface area contributed by atoms with Crippen molar-refractivity contribution >= 4 is 45.1 Å². The van der Waals surface area contributed by atoms with E-state index in [0.29, 0.717) is 5.52 Å². The molecule has 5 nitrogen and oxygen atoms in total. The van der Waals surface area contributed by atoms with Crippen LogP contribution in [0.5, 0.6) is 0 Å². The number of anilines is 1. The van der Waals surface area contributed by atoms with Gasteiger partial charge in [0.1, 0.15) is 5.82 Å². The number of carbonyl (C=O) groups excluding carboxylic acids is 1. The molecule has 1 saturated carbocycles. The zero-order valence-corrected chi connectivity index (χ0v) is 14.3. The summed E-state index contributed by atoms with van der Waals surface area (Å²) in [6, 6.07) is 7.04. The summed E-state index contributed by atoms with van der Waals surface area (Å²) in [6.45, 7) is 0. The highest BCUT2D eigenvalue weighted by Crippen LogP contribution is 2.32. The number of pyridine rings is 2. The van der Waals surface area contributed by atoms with E-state index in [2.05, 4.69) is 10.3 Å². The molecular formula is C19H17ClN3O2-. The molecule has 4 rings (SSSR count). The first-order valence-electron chi connectivity index (χ1n) is 8.41. The molecule has 6 heteroatoms. The number of carboxylic acids is 1. The van der Waals surface area contributed by atoms with Gasteiger partial charge < -0.3 is 15.2 Å². The molecule has 25 heavy (non-hydrogen) atoms. The summed E-state index contributed by atoms with van der Waals surface area (Å²) in [7, 11) is 0. The Hall–Kier alpha value is -2.40. The summed E-state index contributed by atoms with van der Waals surface area (Å²) >= 11 is 6.30. The molecule has 0 aliphatic heterocycles. The fourth-order valence-electron chi connectivity index (χ4n) is 3.54. The molecule has 1 aliphatic rings. The predicted molar refractivity (Wildman–Crippen MR) is 96.9 cm³/mol. The van der Waals surface area contributed by atoms with Crippen LogP contribution in [0, 0.1) is 0 Å². The van der Waals surface area contributed by atoms with Gasteiger partial charge in [-0.05, 0) is 43.4 Å². The largest absolute Gasteiger partial charge is 0.545 e. The number of halogens is 1. The van der Waals surface area contributed by atoms with Crippen LogP contribution >= 0.6 is 11.6 Å². The number of fused-ring (bicyclic) bond motifs is 3. The van der Waals surface area contributed by atoms with E-state index in [1.165, 1.54) is 6.07 Å². The van der Waals surface area contributed by atoms with Gasteiger partial charge in [-0.2, -0.15) is 0 Å². The number of carbonyl (C=O) groups is 1. The summed E-state index contributed by atoms with van der Waals surface area (Å²) < 4.78 is 0. The van der Waals surface area contributed by atoms with Gasteiger partial charge in [-0.3, -0.25) is 4.98 Å². The average Bonchev–Trinajstić information content (AvgIpc) is 2.61. The third-order valence-electron chi connectivity index (χ3n) is 4.78. The zero-order chi connectivity index (χ0) is 17.4. The molecule has 1 fully saturated rings. The van der Waals surface area contributed by atoms with Crippen molar-refractivity contribution in [1.29, 1.82) is 0 Å². The van der Waals surface area contributed by atoms with Gasteiger partial charge in [0.15, 0.2) is 0 Å². The van der Waals surface area contributed by atoms with Crippen molar-refractivity contribution in [2.45, 2.75) is 37.1 Å². The van der Waals surface area contributed by atoms with E-state index in [-0.39, 0.29) is 17.0 Å². The first-order chi connectivity index (χ1) is 12.1. The van der Waals surface area contributed by atoms with Gasteiger partial charge in [0, 0.05) is 40.0 Å². The number of nitrogens with zero attached hydrogens (tertiary/aromatic N) is 2. The Bertz CT molecular complexity index is 960. The Morgan fingerprint density at radius 3 is 2.88 bits per heavy atom. The van der Waals surface area contributed by atoms with Crippen molar-refractivity contribution in [3.8, 4) is 0 Å². The maximum atomic E-state index is 11.2. The molecule has 2 atom stereocenters. The molecule has 1 N–H and O–H groups in total. The second kappa shape index (κ2) is 6.48. The molecule has 0 bridgehead atoms. The first kappa shape index (κ1) is 16.1. The van der Waals surface area contributed by atoms with Gasteiger partial charge in [-0.1, -0.05) is 12.1 Å². The molecule has 0 radical (unpaired) electrons. The molecule has 1 aliphatic carbocycles. The summed E-state index contributed by atoms with van der Waals surface area (Å²) in [4.78, 5) is 20.1. The fraction of sp³-hybridized carbons (Fsp3) is 0.316. The summed E-state index contributed by atoms with van der Waals surface area (Å²) in [5.74, 6) is -0.460. The second-order valence-electron chi connectivity index (χ2n) is 6.51. The van der Waals surface area contributed by atoms with E-state index in [1.54, 1.807) is 24.5 Å². The third kappa shape index (κ3) is 3.12. The van der Waals surface area contributed by atoms with Gasteiger partial charge in [0.05, 0.1) is 11.5 Å². The van der Waals surface area contributed by atoms with Gasteiger partial charge in [-0.15, -0.1) is 11.6 Å². The molecule has 0 amide bonds. The van der Waals surface area contributed by atoms with E-state index >= 15 is 0 Å². The minimum atomic E-state index is -1.21. The zero-order valence-electron chi connectivity index (χ0n) is 13.5. The van der Waals surface area contributed by atoms with Crippen molar-refractivity contribution in [3.63, 3.8) is 0 Å². The molecule has 1 aromatic carbocycles. The van der Waals surface area contributed by atoms with Crippen LogP contribution in [0.15, 0.2) is 36.7 Å². The highest BCUT2D eigenvalue weighted by atomic mass is 35.5. The Morgan fingerprint density at radius 2 is 2.08 bits per heavy atom. The van der Waals surface area contributed by atoms with Gasteiger partial charge in [-0.25, -0.2) is 4.98 Å². The molecule has 0 saturated heterocycles. The quantitative estimate of drug-likeness (QED) is 0.577. The standard InChI is InChI=1S/C19H18ClN3O2/c20-12-2-1-3-13(9-12)22-18-15-6-7-21-10-16(15)14-5-4-11(19(24)25)8-17(14)23-18/h4-8,10,12-13H,1-3,9H2,(H,22,23)(H,24,25)/p-1. The molecule has 0 spiro atoms. The fourth-order valence-corrected chi connectivity index (χ4v) is 3.91. The summed E-state index contributed by atoms with van der Waals surface area (Å²) in [6.07, 6.45) is 7.61.